The molecule has 3 aromatic rings. The summed E-state index contributed by atoms with van der Waals surface area (Å²) >= 11 is 0. The first kappa shape index (κ1) is 21.3. The number of para-hydroxylation sites is 1. The van der Waals surface area contributed by atoms with Gasteiger partial charge in [0.2, 0.25) is 0 Å². The maximum atomic E-state index is 12.5. The lowest BCUT2D eigenvalue weighted by Gasteiger charge is -2.56. The van der Waals surface area contributed by atoms with Crippen molar-refractivity contribution in [3.63, 3.8) is 0 Å². The van der Waals surface area contributed by atoms with Crippen LogP contribution in [0.1, 0.15) is 18.1 Å². The monoisotopic (exact) mass is 425 g/mol. The molecule has 0 aliphatic carbocycles. The quantitative estimate of drug-likeness (QED) is 0.560. The minimum absolute atomic E-state index is 0.0589. The first-order chi connectivity index (χ1) is 14.8. The fourth-order valence-electron chi connectivity index (χ4n) is 4.50. The van der Waals surface area contributed by atoms with E-state index in [-0.39, 0.29) is 5.75 Å². The van der Waals surface area contributed by atoms with Crippen LogP contribution in [0.3, 0.4) is 0 Å². The highest BCUT2D eigenvalue weighted by Crippen LogP contribution is 2.50. The molecule has 0 amide bonds. The molecule has 4 rings (SSSR count). The van der Waals surface area contributed by atoms with Crippen LogP contribution in [0.2, 0.25) is 0 Å². The number of alkyl halides is 2. The zero-order valence-corrected chi connectivity index (χ0v) is 17.5. The van der Waals surface area contributed by atoms with Gasteiger partial charge in [-0.15, -0.1) is 0 Å². The molecule has 1 N–H and O–H groups in total. The molecule has 1 atom stereocenters. The van der Waals surface area contributed by atoms with Gasteiger partial charge in [0.15, 0.2) is 0 Å². The molecule has 1 aliphatic heterocycles. The van der Waals surface area contributed by atoms with Gasteiger partial charge in [0.1, 0.15) is 22.8 Å². The highest BCUT2D eigenvalue weighted by molar-refractivity contribution is 5.44. The first-order valence-electron chi connectivity index (χ1n) is 10.1. The van der Waals surface area contributed by atoms with Crippen LogP contribution in [0, 0.1) is 5.41 Å². The summed E-state index contributed by atoms with van der Waals surface area (Å²) in [4.78, 5) is 2.13. The third-order valence-electron chi connectivity index (χ3n) is 5.86. The summed E-state index contributed by atoms with van der Waals surface area (Å²) in [5.41, 5.74) is -0.421. The second kappa shape index (κ2) is 8.29. The predicted molar refractivity (Wildman–Crippen MR) is 115 cm³/mol. The number of halogens is 2. The summed E-state index contributed by atoms with van der Waals surface area (Å²) in [6.07, 6.45) is 0. The van der Waals surface area contributed by atoms with Crippen molar-refractivity contribution in [1.29, 1.82) is 0 Å². The van der Waals surface area contributed by atoms with Crippen LogP contribution < -0.4 is 9.47 Å². The van der Waals surface area contributed by atoms with Crippen molar-refractivity contribution in [2.75, 3.05) is 20.1 Å². The van der Waals surface area contributed by atoms with E-state index in [1.807, 2.05) is 68.6 Å². The van der Waals surface area contributed by atoms with Crippen molar-refractivity contribution in [1.82, 2.24) is 4.90 Å². The average molecular weight is 425 g/mol. The van der Waals surface area contributed by atoms with Crippen molar-refractivity contribution in [2.24, 2.45) is 5.41 Å². The molecule has 31 heavy (non-hydrogen) atoms. The zero-order chi connectivity index (χ0) is 22.1. The van der Waals surface area contributed by atoms with E-state index in [1.165, 1.54) is 12.1 Å². The van der Waals surface area contributed by atoms with Crippen LogP contribution in [-0.4, -0.2) is 36.8 Å². The Kier molecular flexibility index (Phi) is 5.69. The summed E-state index contributed by atoms with van der Waals surface area (Å²) in [6.45, 7) is 0.534. The summed E-state index contributed by atoms with van der Waals surface area (Å²) in [5, 5.41) is 12.0. The molecular weight excluding hydrogens is 400 g/mol. The standard InChI is InChI=1S/C25H25F2NO3/c1-24(16-28(2)17-24)25(29,19-10-14-22(15-11-19)31-23(26)27)18-8-12-21(13-9-18)30-20-6-4-3-5-7-20/h3-15,23,29H,16-17H2,1-2H3. The van der Waals surface area contributed by atoms with E-state index in [0.29, 0.717) is 30.0 Å². The molecule has 0 aromatic heterocycles. The van der Waals surface area contributed by atoms with Crippen LogP contribution >= 0.6 is 0 Å². The number of likely N-dealkylation sites (tertiary alicyclic amines) is 1. The number of rotatable bonds is 7. The van der Waals surface area contributed by atoms with Crippen LogP contribution in [0.15, 0.2) is 78.9 Å². The molecule has 4 nitrogen and oxygen atoms in total. The Morgan fingerprint density at radius 1 is 0.839 bits per heavy atom. The molecule has 6 heteroatoms. The topological polar surface area (TPSA) is 41.9 Å². The molecule has 0 spiro atoms. The Morgan fingerprint density at radius 3 is 1.81 bits per heavy atom. The zero-order valence-electron chi connectivity index (χ0n) is 17.5. The summed E-state index contributed by atoms with van der Waals surface area (Å²) in [5.74, 6) is 1.45. The highest BCUT2D eigenvalue weighted by Gasteiger charge is 2.55. The molecule has 1 unspecified atom stereocenters. The Balaban J connectivity index is 1.67. The summed E-state index contributed by atoms with van der Waals surface area (Å²) in [7, 11) is 2.00. The predicted octanol–water partition coefficient (Wildman–Crippen LogP) is 5.27. The average Bonchev–Trinajstić information content (AvgIpc) is 2.73. The van der Waals surface area contributed by atoms with Crippen molar-refractivity contribution in [3.05, 3.63) is 90.0 Å². The van der Waals surface area contributed by atoms with E-state index in [4.69, 9.17) is 4.74 Å². The Labute approximate surface area is 180 Å². The van der Waals surface area contributed by atoms with Gasteiger partial charge >= 0.3 is 6.61 Å². The van der Waals surface area contributed by atoms with Gasteiger partial charge in [0.05, 0.1) is 0 Å². The Morgan fingerprint density at radius 2 is 1.32 bits per heavy atom. The molecular formula is C25H25F2NO3. The SMILES string of the molecule is CN1CC(C)(C(O)(c2ccc(Oc3ccccc3)cc2)c2ccc(OC(F)F)cc2)C1. The van der Waals surface area contributed by atoms with Crippen LogP contribution in [0.5, 0.6) is 17.2 Å². The lowest BCUT2D eigenvalue weighted by Crippen LogP contribution is -2.63. The second-order valence-corrected chi connectivity index (χ2v) is 8.29. The third kappa shape index (κ3) is 4.13. The van der Waals surface area contributed by atoms with Crippen LogP contribution in [0.25, 0.3) is 0 Å². The lowest BCUT2D eigenvalue weighted by atomic mass is 9.62. The third-order valence-corrected chi connectivity index (χ3v) is 5.86. The normalized spacial score (nSPS) is 17.6. The number of hydrogen-bond acceptors (Lipinski definition) is 4. The molecule has 1 heterocycles. The fourth-order valence-corrected chi connectivity index (χ4v) is 4.50. The van der Waals surface area contributed by atoms with Gasteiger partial charge in [-0.2, -0.15) is 8.78 Å². The van der Waals surface area contributed by atoms with E-state index < -0.39 is 17.6 Å². The Hall–Kier alpha value is -2.96. The molecule has 1 fully saturated rings. The molecule has 0 saturated carbocycles. The number of hydrogen-bond donors (Lipinski definition) is 1. The van der Waals surface area contributed by atoms with Gasteiger partial charge < -0.3 is 19.5 Å². The van der Waals surface area contributed by atoms with E-state index in [0.717, 1.165) is 5.75 Å². The fraction of sp³-hybridized carbons (Fsp3) is 0.280. The summed E-state index contributed by atoms with van der Waals surface area (Å²) in [6, 6.07) is 23.1. The first-order valence-corrected chi connectivity index (χ1v) is 10.1. The maximum Gasteiger partial charge on any atom is 0.387 e. The van der Waals surface area contributed by atoms with E-state index in [1.54, 1.807) is 12.1 Å². The molecule has 0 radical (unpaired) electrons. The second-order valence-electron chi connectivity index (χ2n) is 8.29. The van der Waals surface area contributed by atoms with E-state index in [9.17, 15) is 13.9 Å². The van der Waals surface area contributed by atoms with Crippen LogP contribution in [0.4, 0.5) is 8.78 Å². The summed E-state index contributed by atoms with van der Waals surface area (Å²) < 4.78 is 35.4. The Bertz CT molecular complexity index is 1000. The van der Waals surface area contributed by atoms with Gasteiger partial charge in [-0.05, 0) is 54.6 Å². The van der Waals surface area contributed by atoms with Crippen LogP contribution in [-0.2, 0) is 5.60 Å². The molecule has 0 bridgehead atoms. The van der Waals surface area contributed by atoms with Gasteiger partial charge in [-0.25, -0.2) is 0 Å². The number of benzene rings is 3. The molecule has 1 aliphatic rings. The van der Waals surface area contributed by atoms with Gasteiger partial charge in [0.25, 0.3) is 0 Å². The number of ether oxygens (including phenoxy) is 2. The smallest absolute Gasteiger partial charge is 0.387 e. The van der Waals surface area contributed by atoms with Gasteiger partial charge in [0, 0.05) is 18.5 Å². The molecule has 3 aromatic carbocycles. The number of nitrogens with zero attached hydrogens (tertiary/aromatic N) is 1. The van der Waals surface area contributed by atoms with Crippen molar-refractivity contribution in [2.45, 2.75) is 19.1 Å². The van der Waals surface area contributed by atoms with E-state index >= 15 is 0 Å². The number of aliphatic hydroxyl groups is 1. The van der Waals surface area contributed by atoms with E-state index in [2.05, 4.69) is 9.64 Å². The molecule has 1 saturated heterocycles. The lowest BCUT2D eigenvalue weighted by molar-refractivity contribution is -0.127. The largest absolute Gasteiger partial charge is 0.457 e. The highest BCUT2D eigenvalue weighted by atomic mass is 19.3. The van der Waals surface area contributed by atoms with Crippen molar-refractivity contribution in [3.8, 4) is 17.2 Å². The van der Waals surface area contributed by atoms with Crippen molar-refractivity contribution < 1.29 is 23.4 Å². The minimum atomic E-state index is -2.89. The molecule has 162 valence electrons. The maximum absolute atomic E-state index is 12.5. The van der Waals surface area contributed by atoms with Gasteiger partial charge in [-0.1, -0.05) is 49.4 Å². The van der Waals surface area contributed by atoms with Gasteiger partial charge in [-0.3, -0.25) is 0 Å². The van der Waals surface area contributed by atoms with Crippen molar-refractivity contribution >= 4 is 0 Å². The minimum Gasteiger partial charge on any atom is -0.457 e.